The first kappa shape index (κ1) is 17.1. The molecule has 8 nitrogen and oxygen atoms in total. The number of phenols is 1. The van der Waals surface area contributed by atoms with Crippen LogP contribution in [0.25, 0.3) is 32.7 Å². The molecule has 1 aliphatic rings. The zero-order chi connectivity index (χ0) is 18.9. The van der Waals surface area contributed by atoms with Crippen LogP contribution in [0.1, 0.15) is 12.8 Å². The Hall–Kier alpha value is -3.04. The summed E-state index contributed by atoms with van der Waals surface area (Å²) in [6.45, 7) is 2.06. The number of thiazole rings is 1. The predicted octanol–water partition coefficient (Wildman–Crippen LogP) is 3.01. The van der Waals surface area contributed by atoms with Crippen LogP contribution in [0.15, 0.2) is 36.7 Å². The summed E-state index contributed by atoms with van der Waals surface area (Å²) >= 11 is 1.57. The summed E-state index contributed by atoms with van der Waals surface area (Å²) in [4.78, 5) is 4.55. The predicted molar refractivity (Wildman–Crippen MR) is 109 cm³/mol. The van der Waals surface area contributed by atoms with Crippen molar-refractivity contribution < 1.29 is 5.11 Å². The number of nitrogens with zero attached hydrogens (tertiary/aromatic N) is 4. The van der Waals surface area contributed by atoms with Crippen molar-refractivity contribution >= 4 is 26.8 Å². The third kappa shape index (κ3) is 3.30. The zero-order valence-corrected chi connectivity index (χ0v) is 15.8. The molecule has 4 heterocycles. The number of aromatic amines is 1. The number of hydrogen-bond acceptors (Lipinski definition) is 8. The number of piperidine rings is 1. The standard InChI is InChI=1S/C19H19N7OS/c27-16-7-11(12-9-21-22-10-12)1-2-14(16)15-8-17-18(26-25-15)24-19(28-17)23-13-3-5-20-6-4-13/h1-2,7-10,13,20,27H,3-6H2,(H,21,22)(H,23,24,26). The first-order chi connectivity index (χ1) is 13.8. The molecular weight excluding hydrogens is 374 g/mol. The number of anilines is 1. The van der Waals surface area contributed by atoms with Gasteiger partial charge in [0.05, 0.1) is 16.6 Å². The van der Waals surface area contributed by atoms with Crippen LogP contribution in [0.4, 0.5) is 5.13 Å². The lowest BCUT2D eigenvalue weighted by Gasteiger charge is -2.23. The maximum absolute atomic E-state index is 10.5. The average Bonchev–Trinajstić information content (AvgIpc) is 3.38. The minimum Gasteiger partial charge on any atom is -0.507 e. The molecule has 0 unspecified atom stereocenters. The molecule has 0 amide bonds. The molecule has 0 bridgehead atoms. The van der Waals surface area contributed by atoms with Gasteiger partial charge in [0.1, 0.15) is 5.75 Å². The van der Waals surface area contributed by atoms with Gasteiger partial charge in [-0.1, -0.05) is 17.4 Å². The Bertz CT molecular complexity index is 1100. The van der Waals surface area contributed by atoms with Gasteiger partial charge < -0.3 is 15.7 Å². The van der Waals surface area contributed by atoms with Crippen molar-refractivity contribution in [3.63, 3.8) is 0 Å². The number of nitrogens with one attached hydrogen (secondary N) is 3. The summed E-state index contributed by atoms with van der Waals surface area (Å²) in [5.41, 5.74) is 3.69. The second kappa shape index (κ2) is 7.17. The molecule has 28 heavy (non-hydrogen) atoms. The number of rotatable bonds is 4. The highest BCUT2D eigenvalue weighted by atomic mass is 32.1. The number of H-pyrrole nitrogens is 1. The Kier molecular flexibility index (Phi) is 4.38. The summed E-state index contributed by atoms with van der Waals surface area (Å²) in [7, 11) is 0. The Labute approximate surface area is 165 Å². The van der Waals surface area contributed by atoms with Crippen molar-refractivity contribution in [3.8, 4) is 28.1 Å². The lowest BCUT2D eigenvalue weighted by Crippen LogP contribution is -2.35. The Morgan fingerprint density at radius 3 is 2.79 bits per heavy atom. The van der Waals surface area contributed by atoms with Crippen LogP contribution < -0.4 is 10.6 Å². The van der Waals surface area contributed by atoms with E-state index in [4.69, 9.17) is 0 Å². The van der Waals surface area contributed by atoms with E-state index in [-0.39, 0.29) is 5.75 Å². The van der Waals surface area contributed by atoms with Gasteiger partial charge in [-0.3, -0.25) is 5.10 Å². The van der Waals surface area contributed by atoms with Crippen molar-refractivity contribution in [2.24, 2.45) is 0 Å². The molecule has 0 atom stereocenters. The maximum atomic E-state index is 10.5. The average molecular weight is 393 g/mol. The molecule has 0 saturated carbocycles. The number of phenolic OH excluding ortho intramolecular Hbond substituents is 1. The first-order valence-electron chi connectivity index (χ1n) is 9.20. The van der Waals surface area contributed by atoms with Gasteiger partial charge in [-0.2, -0.15) is 10.1 Å². The fourth-order valence-corrected chi connectivity index (χ4v) is 4.33. The lowest BCUT2D eigenvalue weighted by molar-refractivity contribution is 0.477. The second-order valence-corrected chi connectivity index (χ2v) is 7.85. The smallest absolute Gasteiger partial charge is 0.194 e. The number of hydrogen-bond donors (Lipinski definition) is 4. The van der Waals surface area contributed by atoms with Gasteiger partial charge in [0.15, 0.2) is 10.8 Å². The monoisotopic (exact) mass is 393 g/mol. The third-order valence-corrected chi connectivity index (χ3v) is 5.85. The van der Waals surface area contributed by atoms with E-state index < -0.39 is 0 Å². The van der Waals surface area contributed by atoms with Gasteiger partial charge in [-0.25, -0.2) is 0 Å². The van der Waals surface area contributed by atoms with Crippen LogP contribution in [0.3, 0.4) is 0 Å². The van der Waals surface area contributed by atoms with Gasteiger partial charge in [0, 0.05) is 23.4 Å². The summed E-state index contributed by atoms with van der Waals surface area (Å²) in [6, 6.07) is 7.86. The van der Waals surface area contributed by atoms with Crippen LogP contribution in [-0.4, -0.2) is 49.6 Å². The SMILES string of the molecule is Oc1cc(-c2cn[nH]c2)ccc1-c1cc2sc(NC3CCNCC3)nc2nn1. The minimum absolute atomic E-state index is 0.157. The van der Waals surface area contributed by atoms with E-state index >= 15 is 0 Å². The summed E-state index contributed by atoms with van der Waals surface area (Å²) in [6.07, 6.45) is 5.68. The Morgan fingerprint density at radius 1 is 1.11 bits per heavy atom. The molecule has 1 saturated heterocycles. The summed E-state index contributed by atoms with van der Waals surface area (Å²) < 4.78 is 0.944. The lowest BCUT2D eigenvalue weighted by atomic mass is 10.0. The van der Waals surface area contributed by atoms with E-state index in [1.165, 1.54) is 0 Å². The van der Waals surface area contributed by atoms with Crippen LogP contribution in [0.5, 0.6) is 5.75 Å². The van der Waals surface area contributed by atoms with E-state index in [1.54, 1.807) is 29.8 Å². The van der Waals surface area contributed by atoms with Crippen LogP contribution in [0.2, 0.25) is 0 Å². The topological polar surface area (TPSA) is 112 Å². The van der Waals surface area contributed by atoms with Gasteiger partial charge in [0.2, 0.25) is 0 Å². The normalized spacial score (nSPS) is 15.1. The van der Waals surface area contributed by atoms with Crippen molar-refractivity contribution in [3.05, 3.63) is 36.7 Å². The summed E-state index contributed by atoms with van der Waals surface area (Å²) in [5, 5.41) is 33.5. The number of aromatic nitrogens is 5. The number of fused-ring (bicyclic) bond motifs is 1. The van der Waals surface area contributed by atoms with Gasteiger partial charge >= 0.3 is 0 Å². The molecule has 0 radical (unpaired) electrons. The van der Waals surface area contributed by atoms with E-state index in [2.05, 4.69) is 36.0 Å². The number of benzene rings is 1. The number of aromatic hydroxyl groups is 1. The molecule has 1 aliphatic heterocycles. The minimum atomic E-state index is 0.157. The van der Waals surface area contributed by atoms with Crippen molar-refractivity contribution in [1.82, 2.24) is 30.7 Å². The summed E-state index contributed by atoms with van der Waals surface area (Å²) in [5.74, 6) is 0.157. The van der Waals surface area contributed by atoms with Crippen molar-refractivity contribution in [2.45, 2.75) is 18.9 Å². The van der Waals surface area contributed by atoms with Gasteiger partial charge in [-0.15, -0.1) is 10.2 Å². The van der Waals surface area contributed by atoms with Crippen LogP contribution >= 0.6 is 11.3 Å². The molecule has 1 fully saturated rings. The molecule has 9 heteroatoms. The fourth-order valence-electron chi connectivity index (χ4n) is 3.41. The van der Waals surface area contributed by atoms with Crippen molar-refractivity contribution in [2.75, 3.05) is 18.4 Å². The molecule has 0 aliphatic carbocycles. The highest BCUT2D eigenvalue weighted by Crippen LogP contribution is 2.34. The molecule has 4 N–H and O–H groups in total. The molecule has 1 aromatic carbocycles. The second-order valence-electron chi connectivity index (χ2n) is 6.82. The van der Waals surface area contributed by atoms with Crippen LogP contribution in [0, 0.1) is 0 Å². The van der Waals surface area contributed by atoms with Crippen molar-refractivity contribution in [1.29, 1.82) is 0 Å². The molecule has 3 aromatic heterocycles. The molecule has 0 spiro atoms. The Balaban J connectivity index is 1.43. The molecule has 5 rings (SSSR count). The van der Waals surface area contributed by atoms with E-state index in [0.29, 0.717) is 22.9 Å². The van der Waals surface area contributed by atoms with Gasteiger partial charge in [0.25, 0.3) is 0 Å². The van der Waals surface area contributed by atoms with Crippen LogP contribution in [-0.2, 0) is 0 Å². The highest BCUT2D eigenvalue weighted by Gasteiger charge is 2.16. The van der Waals surface area contributed by atoms with E-state index in [0.717, 1.165) is 46.9 Å². The molecule has 4 aromatic rings. The quantitative estimate of drug-likeness (QED) is 0.422. The van der Waals surface area contributed by atoms with Gasteiger partial charge in [-0.05, 0) is 49.7 Å². The molecular formula is C19H19N7OS. The first-order valence-corrected chi connectivity index (χ1v) is 10.0. The largest absolute Gasteiger partial charge is 0.507 e. The third-order valence-electron chi connectivity index (χ3n) is 4.93. The fraction of sp³-hybridized carbons (Fsp3) is 0.263. The highest BCUT2D eigenvalue weighted by molar-refractivity contribution is 7.22. The molecule has 142 valence electrons. The Morgan fingerprint density at radius 2 is 2.00 bits per heavy atom. The van der Waals surface area contributed by atoms with E-state index in [9.17, 15) is 5.11 Å². The van der Waals surface area contributed by atoms with E-state index in [1.807, 2.05) is 18.2 Å². The maximum Gasteiger partial charge on any atom is 0.194 e. The zero-order valence-electron chi connectivity index (χ0n) is 15.0.